The van der Waals surface area contributed by atoms with Crippen LogP contribution in [0.1, 0.15) is 72.1 Å². The van der Waals surface area contributed by atoms with E-state index >= 15 is 0 Å². The molecule has 1 saturated heterocycles. The number of rotatable bonds is 10. The van der Waals surface area contributed by atoms with Crippen LogP contribution in [0.15, 0.2) is 36.9 Å². The number of aromatic nitrogens is 2. The molecule has 2 aromatic rings. The molecule has 1 aliphatic heterocycles. The smallest absolute Gasteiger partial charge is 0.412 e. The van der Waals surface area contributed by atoms with E-state index in [2.05, 4.69) is 47.4 Å². The average molecular weight is 583 g/mol. The fraction of sp³-hybridized carbons (Fsp3) is 0.576. The number of anilines is 1. The minimum absolute atomic E-state index is 0.527. The Hall–Kier alpha value is -3.30. The number of methoxy groups -OCH3 is 1. The van der Waals surface area contributed by atoms with E-state index < -0.39 is 11.7 Å². The van der Waals surface area contributed by atoms with Gasteiger partial charge in [-0.1, -0.05) is 31.6 Å². The Kier molecular flexibility index (Phi) is 13.6. The third-order valence-electron chi connectivity index (χ3n) is 7.17. The molecule has 1 aromatic carbocycles. The van der Waals surface area contributed by atoms with Crippen LogP contribution in [0.4, 0.5) is 10.5 Å². The summed E-state index contributed by atoms with van der Waals surface area (Å²) in [7, 11) is 5.93. The van der Waals surface area contributed by atoms with Crippen molar-refractivity contribution in [1.82, 2.24) is 19.6 Å². The molecule has 3 N–H and O–H groups in total. The number of hydrogen-bond donors (Lipinski definition) is 2. The Morgan fingerprint density at radius 2 is 1.86 bits per heavy atom. The quantitative estimate of drug-likeness (QED) is 0.313. The normalized spacial score (nSPS) is 14.8. The number of carbonyl (C=O) groups is 1. The van der Waals surface area contributed by atoms with Crippen LogP contribution < -0.4 is 15.8 Å². The van der Waals surface area contributed by atoms with Crippen LogP contribution in [0.2, 0.25) is 0 Å². The van der Waals surface area contributed by atoms with Crippen LogP contribution in [0.25, 0.3) is 17.0 Å². The second kappa shape index (κ2) is 16.4. The van der Waals surface area contributed by atoms with E-state index in [-0.39, 0.29) is 0 Å². The van der Waals surface area contributed by atoms with E-state index in [9.17, 15) is 4.79 Å². The molecule has 1 aromatic heterocycles. The maximum Gasteiger partial charge on any atom is 0.412 e. The number of allylic oxidation sites excluding steroid dienone is 2. The first kappa shape index (κ1) is 34.9. The number of nitrogens with one attached hydrogen (secondary N) is 1. The summed E-state index contributed by atoms with van der Waals surface area (Å²) in [5.41, 5.74) is 11.0. The van der Waals surface area contributed by atoms with E-state index in [0.717, 1.165) is 61.5 Å². The predicted molar refractivity (Wildman–Crippen MR) is 175 cm³/mol. The van der Waals surface area contributed by atoms with Gasteiger partial charge in [-0.15, -0.1) is 6.58 Å². The highest BCUT2D eigenvalue weighted by Crippen LogP contribution is 2.35. The molecule has 9 nitrogen and oxygen atoms in total. The summed E-state index contributed by atoms with van der Waals surface area (Å²) >= 11 is 0. The molecule has 0 unspecified atom stereocenters. The summed E-state index contributed by atoms with van der Waals surface area (Å²) < 4.78 is 13.2. The van der Waals surface area contributed by atoms with Gasteiger partial charge in [-0.2, -0.15) is 5.10 Å². The molecular weight excluding hydrogens is 528 g/mol. The summed E-state index contributed by atoms with van der Waals surface area (Å²) in [5, 5.41) is 7.90. The highest BCUT2D eigenvalue weighted by molar-refractivity contribution is 5.88. The maximum atomic E-state index is 12.4. The van der Waals surface area contributed by atoms with Gasteiger partial charge in [0.1, 0.15) is 17.0 Å². The molecule has 3 rings (SSSR count). The van der Waals surface area contributed by atoms with Crippen molar-refractivity contribution in [3.05, 3.63) is 48.2 Å². The lowest BCUT2D eigenvalue weighted by molar-refractivity contribution is 0.0635. The molecular formula is C33H54N6O3. The van der Waals surface area contributed by atoms with Gasteiger partial charge in [-0.25, -0.2) is 4.79 Å². The lowest BCUT2D eigenvalue weighted by atomic mass is 10.0. The molecule has 0 radical (unpaired) electrons. The Balaban J connectivity index is 0.00000197. The van der Waals surface area contributed by atoms with Crippen LogP contribution in [-0.4, -0.2) is 78.2 Å². The van der Waals surface area contributed by atoms with Crippen molar-refractivity contribution in [2.45, 2.75) is 85.4 Å². The standard InChI is InChI=1S/C30H48N6O3.C3H6/c1-9-11-25-27(23(31)10-2)28(33-36(25)19-18-35-16-14-22(15-17-35)34(6)7)21-12-13-24(26(20-21)38-8)32-29(37)39-30(3,4)5;1-3-2/h10,12-13,20,22H,9,11,14-19,31H2,1-8H3,(H,32,37);3H,1H2,2H3/b23-10+;. The molecule has 0 saturated carbocycles. The molecule has 0 aliphatic carbocycles. The van der Waals surface area contributed by atoms with Gasteiger partial charge in [0.25, 0.3) is 0 Å². The monoisotopic (exact) mass is 582 g/mol. The summed E-state index contributed by atoms with van der Waals surface area (Å²) in [6, 6.07) is 6.32. The van der Waals surface area contributed by atoms with Gasteiger partial charge in [0.15, 0.2) is 0 Å². The lowest BCUT2D eigenvalue weighted by Crippen LogP contribution is -2.43. The predicted octanol–water partition coefficient (Wildman–Crippen LogP) is 6.40. The number of amides is 1. The molecule has 0 spiro atoms. The van der Waals surface area contributed by atoms with E-state index in [1.165, 1.54) is 12.8 Å². The van der Waals surface area contributed by atoms with Crippen LogP contribution in [0.3, 0.4) is 0 Å². The zero-order valence-electron chi connectivity index (χ0n) is 27.4. The number of carbonyl (C=O) groups excluding carboxylic acids is 1. The zero-order valence-corrected chi connectivity index (χ0v) is 27.4. The van der Waals surface area contributed by atoms with E-state index in [1.807, 2.05) is 58.9 Å². The first-order valence-corrected chi connectivity index (χ1v) is 15.0. The van der Waals surface area contributed by atoms with Gasteiger partial charge in [-0.3, -0.25) is 10.00 Å². The van der Waals surface area contributed by atoms with Gasteiger partial charge in [-0.05, 0) is 93.2 Å². The van der Waals surface area contributed by atoms with Gasteiger partial charge in [0, 0.05) is 35.1 Å². The number of nitrogens with zero attached hydrogens (tertiary/aromatic N) is 4. The molecule has 1 amide bonds. The second-order valence-electron chi connectivity index (χ2n) is 11.9. The highest BCUT2D eigenvalue weighted by Gasteiger charge is 2.24. The Labute approximate surface area is 253 Å². The van der Waals surface area contributed by atoms with Crippen LogP contribution >= 0.6 is 0 Å². The Morgan fingerprint density at radius 1 is 1.21 bits per heavy atom. The van der Waals surface area contributed by atoms with Crippen molar-refractivity contribution in [3.8, 4) is 17.0 Å². The third-order valence-corrected chi connectivity index (χ3v) is 7.17. The average Bonchev–Trinajstić information content (AvgIpc) is 3.29. The topological polar surface area (TPSA) is 97.9 Å². The number of nitrogens with two attached hydrogens (primary N) is 1. The Bertz CT molecular complexity index is 1190. The number of likely N-dealkylation sites (tertiary alicyclic amines) is 1. The summed E-state index contributed by atoms with van der Waals surface area (Å²) in [4.78, 5) is 17.2. The van der Waals surface area contributed by atoms with Crippen molar-refractivity contribution in [3.63, 3.8) is 0 Å². The number of hydrogen-bond acceptors (Lipinski definition) is 7. The molecule has 1 aliphatic rings. The van der Waals surface area contributed by atoms with Crippen LogP contribution in [-0.2, 0) is 17.7 Å². The molecule has 42 heavy (non-hydrogen) atoms. The van der Waals surface area contributed by atoms with Crippen molar-refractivity contribution >= 4 is 17.5 Å². The van der Waals surface area contributed by atoms with E-state index in [0.29, 0.717) is 23.2 Å². The number of benzene rings is 1. The fourth-order valence-corrected chi connectivity index (χ4v) is 5.07. The van der Waals surface area contributed by atoms with Crippen molar-refractivity contribution in [2.24, 2.45) is 5.73 Å². The minimum atomic E-state index is -0.596. The molecule has 9 heteroatoms. The van der Waals surface area contributed by atoms with Gasteiger partial charge < -0.3 is 25.0 Å². The molecule has 234 valence electrons. The summed E-state index contributed by atoms with van der Waals surface area (Å²) in [6.07, 6.45) is 7.42. The van der Waals surface area contributed by atoms with Gasteiger partial charge in [0.2, 0.25) is 0 Å². The van der Waals surface area contributed by atoms with Crippen LogP contribution in [0, 0.1) is 0 Å². The summed E-state index contributed by atoms with van der Waals surface area (Å²) in [6.45, 7) is 18.8. The number of piperidine rings is 1. The highest BCUT2D eigenvalue weighted by atomic mass is 16.6. The van der Waals surface area contributed by atoms with E-state index in [4.69, 9.17) is 20.3 Å². The van der Waals surface area contributed by atoms with Crippen molar-refractivity contribution in [2.75, 3.05) is 46.2 Å². The first-order valence-electron chi connectivity index (χ1n) is 15.0. The fourth-order valence-electron chi connectivity index (χ4n) is 5.07. The SMILES string of the molecule is C/C=C(/N)c1c(-c2ccc(NC(=O)OC(C)(C)C)c(OC)c2)nn(CCN2CCC(N(C)C)CC2)c1CCC.C=CC. The number of ether oxygens (including phenoxy) is 2. The zero-order chi connectivity index (χ0) is 31.4. The van der Waals surface area contributed by atoms with E-state index in [1.54, 1.807) is 13.2 Å². The molecule has 1 fully saturated rings. The minimum Gasteiger partial charge on any atom is -0.495 e. The van der Waals surface area contributed by atoms with Gasteiger partial charge >= 0.3 is 6.09 Å². The molecule has 2 heterocycles. The maximum absolute atomic E-state index is 12.4. The second-order valence-corrected chi connectivity index (χ2v) is 11.9. The van der Waals surface area contributed by atoms with Crippen molar-refractivity contribution < 1.29 is 14.3 Å². The Morgan fingerprint density at radius 3 is 2.38 bits per heavy atom. The van der Waals surface area contributed by atoms with Crippen molar-refractivity contribution in [1.29, 1.82) is 0 Å². The largest absolute Gasteiger partial charge is 0.495 e. The summed E-state index contributed by atoms with van der Waals surface area (Å²) in [5.74, 6) is 0.527. The van der Waals surface area contributed by atoms with Gasteiger partial charge in [0.05, 0.1) is 19.3 Å². The lowest BCUT2D eigenvalue weighted by Gasteiger charge is -2.35. The third kappa shape index (κ3) is 9.91. The molecule has 0 bridgehead atoms. The first-order chi connectivity index (χ1) is 19.9. The molecule has 0 atom stereocenters. The van der Waals surface area contributed by atoms with Crippen LogP contribution in [0.5, 0.6) is 5.75 Å².